The summed E-state index contributed by atoms with van der Waals surface area (Å²) in [6.45, 7) is 4.13. The first-order valence-corrected chi connectivity index (χ1v) is 9.74. The minimum absolute atomic E-state index is 0.0295. The van der Waals surface area contributed by atoms with Crippen LogP contribution in [0.1, 0.15) is 18.7 Å². The molecule has 2 N–H and O–H groups in total. The minimum atomic E-state index is 0.0295. The predicted molar refractivity (Wildman–Crippen MR) is 93.6 cm³/mol. The molecule has 114 valence electrons. The number of nitrogens with zero attached hydrogens (tertiary/aromatic N) is 3. The van der Waals surface area contributed by atoms with Gasteiger partial charge in [0.1, 0.15) is 0 Å². The third kappa shape index (κ3) is 3.94. The molecule has 0 aliphatic carbocycles. The van der Waals surface area contributed by atoms with Crippen molar-refractivity contribution >= 4 is 39.5 Å². The van der Waals surface area contributed by atoms with Crippen LogP contribution in [-0.4, -0.2) is 57.3 Å². The Morgan fingerprint density at radius 2 is 2.20 bits per heavy atom. The average molecular weight is 379 g/mol. The van der Waals surface area contributed by atoms with E-state index >= 15 is 0 Å². The van der Waals surface area contributed by atoms with Crippen molar-refractivity contribution in [3.63, 3.8) is 0 Å². The molecule has 1 aliphatic heterocycles. The van der Waals surface area contributed by atoms with Crippen LogP contribution < -0.4 is 5.73 Å². The highest BCUT2D eigenvalue weighted by Crippen LogP contribution is 2.39. The van der Waals surface area contributed by atoms with E-state index in [1.54, 1.807) is 0 Å². The quantitative estimate of drug-likeness (QED) is 0.852. The standard InChI is InChI=1S/C13H23BrN4S2/c1-9-13(20-7-6-19-9)11(15)12-10(14)8-16-18(12)5-4-17(2)3/h8-9,11,13H,4-7,15H2,1-3H3. The van der Waals surface area contributed by atoms with Crippen LogP contribution in [0, 0.1) is 0 Å². The van der Waals surface area contributed by atoms with Gasteiger partial charge in [-0.15, -0.1) is 0 Å². The van der Waals surface area contributed by atoms with Crippen molar-refractivity contribution in [3.05, 3.63) is 16.4 Å². The van der Waals surface area contributed by atoms with Crippen LogP contribution in [0.25, 0.3) is 0 Å². The van der Waals surface area contributed by atoms with Crippen molar-refractivity contribution in [1.82, 2.24) is 14.7 Å². The average Bonchev–Trinajstić information content (AvgIpc) is 2.77. The summed E-state index contributed by atoms with van der Waals surface area (Å²) in [5.41, 5.74) is 7.71. The van der Waals surface area contributed by atoms with Gasteiger partial charge in [0.15, 0.2) is 0 Å². The lowest BCUT2D eigenvalue weighted by Crippen LogP contribution is -2.36. The summed E-state index contributed by atoms with van der Waals surface area (Å²) in [5.74, 6) is 2.42. The molecule has 0 radical (unpaired) electrons. The zero-order chi connectivity index (χ0) is 14.7. The van der Waals surface area contributed by atoms with Gasteiger partial charge in [0.25, 0.3) is 0 Å². The lowest BCUT2D eigenvalue weighted by atomic mass is 10.1. The molecule has 3 unspecified atom stereocenters. The molecule has 1 aromatic rings. The molecule has 0 amide bonds. The number of halogens is 1. The summed E-state index contributed by atoms with van der Waals surface area (Å²) in [5, 5.41) is 5.52. The lowest BCUT2D eigenvalue weighted by molar-refractivity contribution is 0.365. The first-order chi connectivity index (χ1) is 9.50. The van der Waals surface area contributed by atoms with Crippen molar-refractivity contribution in [2.45, 2.75) is 30.0 Å². The van der Waals surface area contributed by atoms with E-state index in [0.717, 1.165) is 23.3 Å². The van der Waals surface area contributed by atoms with E-state index in [9.17, 15) is 0 Å². The first-order valence-electron chi connectivity index (χ1n) is 6.85. The van der Waals surface area contributed by atoms with Crippen LogP contribution in [0.4, 0.5) is 0 Å². The molecule has 7 heteroatoms. The van der Waals surface area contributed by atoms with Crippen molar-refractivity contribution in [2.75, 3.05) is 32.1 Å². The van der Waals surface area contributed by atoms with Gasteiger partial charge in [-0.1, -0.05) is 6.92 Å². The number of hydrogen-bond acceptors (Lipinski definition) is 5. The molecular weight excluding hydrogens is 356 g/mol. The van der Waals surface area contributed by atoms with E-state index < -0.39 is 0 Å². The third-order valence-electron chi connectivity index (χ3n) is 3.50. The van der Waals surface area contributed by atoms with E-state index in [-0.39, 0.29) is 6.04 Å². The number of likely N-dealkylation sites (N-methyl/N-ethyl adjacent to an activating group) is 1. The Morgan fingerprint density at radius 1 is 1.50 bits per heavy atom. The van der Waals surface area contributed by atoms with E-state index in [4.69, 9.17) is 5.73 Å². The van der Waals surface area contributed by atoms with E-state index in [1.807, 2.05) is 29.7 Å². The maximum Gasteiger partial charge on any atom is 0.0705 e. The molecule has 0 aromatic carbocycles. The van der Waals surface area contributed by atoms with Crippen molar-refractivity contribution in [2.24, 2.45) is 5.73 Å². The summed E-state index contributed by atoms with van der Waals surface area (Å²) >= 11 is 7.65. The Balaban J connectivity index is 2.15. The monoisotopic (exact) mass is 378 g/mol. The molecule has 3 atom stereocenters. The van der Waals surface area contributed by atoms with Crippen molar-refractivity contribution in [3.8, 4) is 0 Å². The summed E-state index contributed by atoms with van der Waals surface area (Å²) in [6.07, 6.45) is 1.87. The molecule has 4 nitrogen and oxygen atoms in total. The number of nitrogens with two attached hydrogens (primary N) is 1. The Hall–Kier alpha value is 0.310. The number of aromatic nitrogens is 2. The second-order valence-corrected chi connectivity index (χ2v) is 8.97. The molecular formula is C13H23BrN4S2. The second kappa shape index (κ2) is 7.54. The van der Waals surface area contributed by atoms with Gasteiger partial charge in [-0.2, -0.15) is 28.6 Å². The first kappa shape index (κ1) is 16.7. The summed E-state index contributed by atoms with van der Waals surface area (Å²) in [4.78, 5) is 2.17. The molecule has 2 rings (SSSR count). The highest BCUT2D eigenvalue weighted by Gasteiger charge is 2.32. The Morgan fingerprint density at radius 3 is 2.85 bits per heavy atom. The zero-order valence-corrected chi connectivity index (χ0v) is 15.5. The SMILES string of the molecule is CC1SCCSC1C(N)c1c(Br)cnn1CCN(C)C. The highest BCUT2D eigenvalue weighted by molar-refractivity contribution is 9.10. The van der Waals surface area contributed by atoms with Gasteiger partial charge < -0.3 is 10.6 Å². The summed E-state index contributed by atoms with van der Waals surface area (Å²) in [7, 11) is 4.15. The summed E-state index contributed by atoms with van der Waals surface area (Å²) in [6, 6.07) is 0.0295. The van der Waals surface area contributed by atoms with Gasteiger partial charge >= 0.3 is 0 Å². The molecule has 0 spiro atoms. The largest absolute Gasteiger partial charge is 0.322 e. The fraction of sp³-hybridized carbons (Fsp3) is 0.769. The molecule has 1 saturated heterocycles. The van der Waals surface area contributed by atoms with Crippen LogP contribution >= 0.6 is 39.5 Å². The van der Waals surface area contributed by atoms with Gasteiger partial charge in [0.2, 0.25) is 0 Å². The van der Waals surface area contributed by atoms with Crippen LogP contribution in [0.2, 0.25) is 0 Å². The van der Waals surface area contributed by atoms with Crippen molar-refractivity contribution in [1.29, 1.82) is 0 Å². The fourth-order valence-corrected chi connectivity index (χ4v) is 5.79. The third-order valence-corrected chi connectivity index (χ3v) is 7.33. The Kier molecular flexibility index (Phi) is 6.28. The highest BCUT2D eigenvalue weighted by atomic mass is 79.9. The second-order valence-electron chi connectivity index (χ2n) is 5.34. The van der Waals surface area contributed by atoms with E-state index in [1.165, 1.54) is 11.5 Å². The van der Waals surface area contributed by atoms with Crippen molar-refractivity contribution < 1.29 is 0 Å². The van der Waals surface area contributed by atoms with Gasteiger partial charge in [-0.25, -0.2) is 0 Å². The Bertz CT molecular complexity index is 438. The maximum atomic E-state index is 6.57. The van der Waals surface area contributed by atoms with Gasteiger partial charge in [0.05, 0.1) is 29.0 Å². The van der Waals surface area contributed by atoms with Gasteiger partial charge in [-0.3, -0.25) is 4.68 Å². The number of hydrogen-bond donors (Lipinski definition) is 1. The van der Waals surface area contributed by atoms with Crippen LogP contribution in [-0.2, 0) is 6.54 Å². The van der Waals surface area contributed by atoms with Gasteiger partial charge in [-0.05, 0) is 30.0 Å². The van der Waals surface area contributed by atoms with E-state index in [0.29, 0.717) is 10.5 Å². The molecule has 0 bridgehead atoms. The van der Waals surface area contributed by atoms with E-state index in [2.05, 4.69) is 51.6 Å². The maximum absolute atomic E-state index is 6.57. The molecule has 1 aromatic heterocycles. The van der Waals surface area contributed by atoms with Crippen LogP contribution in [0.3, 0.4) is 0 Å². The molecule has 0 saturated carbocycles. The van der Waals surface area contributed by atoms with Crippen LogP contribution in [0.15, 0.2) is 10.7 Å². The predicted octanol–water partition coefficient (Wildman–Crippen LogP) is 2.44. The molecule has 1 fully saturated rings. The van der Waals surface area contributed by atoms with Gasteiger partial charge in [0, 0.05) is 28.6 Å². The molecule has 1 aliphatic rings. The lowest BCUT2D eigenvalue weighted by Gasteiger charge is -2.33. The normalized spacial score (nSPS) is 25.1. The molecule has 2 heterocycles. The fourth-order valence-electron chi connectivity index (χ4n) is 2.38. The molecule has 20 heavy (non-hydrogen) atoms. The van der Waals surface area contributed by atoms with Crippen LogP contribution in [0.5, 0.6) is 0 Å². The topological polar surface area (TPSA) is 47.1 Å². The summed E-state index contributed by atoms with van der Waals surface area (Å²) < 4.78 is 3.09. The number of thioether (sulfide) groups is 2. The Labute approximate surface area is 138 Å². The minimum Gasteiger partial charge on any atom is -0.322 e. The smallest absolute Gasteiger partial charge is 0.0705 e. The zero-order valence-electron chi connectivity index (χ0n) is 12.3. The number of rotatable bonds is 5.